The van der Waals surface area contributed by atoms with Crippen LogP contribution in [0.5, 0.6) is 0 Å². The summed E-state index contributed by atoms with van der Waals surface area (Å²) < 4.78 is 4.91. The molecule has 6 nitrogen and oxygen atoms in total. The van der Waals surface area contributed by atoms with Crippen LogP contribution in [0.2, 0.25) is 0 Å². The van der Waals surface area contributed by atoms with Crippen LogP contribution in [0.3, 0.4) is 0 Å². The third-order valence-corrected chi connectivity index (χ3v) is 3.26. The van der Waals surface area contributed by atoms with E-state index in [1.54, 1.807) is 12.1 Å². The molecule has 0 radical (unpaired) electrons. The molecule has 1 atom stereocenters. The van der Waals surface area contributed by atoms with Gasteiger partial charge in [-0.2, -0.15) is 0 Å². The van der Waals surface area contributed by atoms with Crippen molar-refractivity contribution >= 4 is 22.5 Å². The van der Waals surface area contributed by atoms with E-state index in [0.29, 0.717) is 34.9 Å². The molecule has 1 fully saturated rings. The Morgan fingerprint density at radius 3 is 3.06 bits per heavy atom. The van der Waals surface area contributed by atoms with Crippen molar-refractivity contribution in [3.8, 4) is 0 Å². The monoisotopic (exact) mass is 249 g/mol. The number of fused-ring (bicyclic) bond motifs is 1. The molecule has 6 heteroatoms. The van der Waals surface area contributed by atoms with E-state index in [1.165, 1.54) is 0 Å². The zero-order valence-electron chi connectivity index (χ0n) is 9.77. The Morgan fingerprint density at radius 1 is 1.56 bits per heavy atom. The fourth-order valence-corrected chi connectivity index (χ4v) is 2.03. The van der Waals surface area contributed by atoms with Gasteiger partial charge in [0, 0.05) is 12.6 Å². The smallest absolute Gasteiger partial charge is 0.408 e. The molecule has 3 rings (SSSR count). The van der Waals surface area contributed by atoms with Gasteiger partial charge in [-0.05, 0) is 24.8 Å². The second-order valence-electron chi connectivity index (χ2n) is 4.74. The van der Waals surface area contributed by atoms with E-state index < -0.39 is 5.76 Å². The van der Waals surface area contributed by atoms with Crippen LogP contribution in [-0.2, 0) is 0 Å². The quantitative estimate of drug-likeness (QED) is 0.602. The zero-order chi connectivity index (χ0) is 12.7. The Bertz CT molecular complexity index is 627. The molecular formula is C12H15N3O3. The molecule has 1 aliphatic rings. The first-order valence-corrected chi connectivity index (χ1v) is 5.98. The molecule has 1 heterocycles. The highest BCUT2D eigenvalue weighted by atomic mass is 16.4. The maximum absolute atomic E-state index is 11.1. The number of aliphatic hydroxyl groups is 1. The van der Waals surface area contributed by atoms with Gasteiger partial charge in [-0.15, -0.1) is 0 Å². The molecule has 0 spiro atoms. The SMILES string of the molecule is Nc1cc2oc(=O)[nH]c2cc1NCC(O)C1CC1. The summed E-state index contributed by atoms with van der Waals surface area (Å²) in [4.78, 5) is 13.6. The van der Waals surface area contributed by atoms with E-state index >= 15 is 0 Å². The molecule has 2 aromatic rings. The van der Waals surface area contributed by atoms with Crippen LogP contribution < -0.4 is 16.8 Å². The molecule has 0 amide bonds. The number of aromatic amines is 1. The number of nitrogens with one attached hydrogen (secondary N) is 2. The van der Waals surface area contributed by atoms with Gasteiger partial charge in [-0.1, -0.05) is 0 Å². The normalized spacial score (nSPS) is 16.9. The average molecular weight is 249 g/mol. The highest BCUT2D eigenvalue weighted by Gasteiger charge is 2.29. The fourth-order valence-electron chi connectivity index (χ4n) is 2.03. The number of nitrogen functional groups attached to an aromatic ring is 1. The first-order chi connectivity index (χ1) is 8.63. The van der Waals surface area contributed by atoms with Gasteiger partial charge in [-0.25, -0.2) is 4.79 Å². The van der Waals surface area contributed by atoms with Crippen LogP contribution in [0.1, 0.15) is 12.8 Å². The van der Waals surface area contributed by atoms with Gasteiger partial charge < -0.3 is 20.6 Å². The number of rotatable bonds is 4. The van der Waals surface area contributed by atoms with Crippen molar-refractivity contribution < 1.29 is 9.52 Å². The van der Waals surface area contributed by atoms with Crippen molar-refractivity contribution in [3.63, 3.8) is 0 Å². The second kappa shape index (κ2) is 4.06. The van der Waals surface area contributed by atoms with Crippen molar-refractivity contribution in [1.82, 2.24) is 4.98 Å². The van der Waals surface area contributed by atoms with Crippen molar-refractivity contribution in [3.05, 3.63) is 22.7 Å². The molecule has 96 valence electrons. The van der Waals surface area contributed by atoms with Gasteiger partial charge in [-0.3, -0.25) is 4.98 Å². The second-order valence-corrected chi connectivity index (χ2v) is 4.74. The van der Waals surface area contributed by atoms with E-state index in [9.17, 15) is 9.90 Å². The highest BCUT2D eigenvalue weighted by molar-refractivity contribution is 5.85. The number of hydrogen-bond acceptors (Lipinski definition) is 5. The number of aliphatic hydroxyl groups excluding tert-OH is 1. The van der Waals surface area contributed by atoms with Crippen molar-refractivity contribution in [1.29, 1.82) is 0 Å². The van der Waals surface area contributed by atoms with Crippen LogP contribution in [0, 0.1) is 5.92 Å². The topological polar surface area (TPSA) is 104 Å². The minimum atomic E-state index is -0.500. The van der Waals surface area contributed by atoms with Gasteiger partial charge >= 0.3 is 5.76 Å². The van der Waals surface area contributed by atoms with Crippen LogP contribution in [0.25, 0.3) is 11.1 Å². The largest absolute Gasteiger partial charge is 0.417 e. The summed E-state index contributed by atoms with van der Waals surface area (Å²) in [6.07, 6.45) is 1.84. The molecule has 1 aromatic carbocycles. The maximum Gasteiger partial charge on any atom is 0.417 e. The predicted octanol–water partition coefficient (Wildman–Crippen LogP) is 0.886. The molecule has 1 unspecified atom stereocenters. The Morgan fingerprint density at radius 2 is 2.33 bits per heavy atom. The summed E-state index contributed by atoms with van der Waals surface area (Å²) in [7, 11) is 0. The number of aromatic nitrogens is 1. The lowest BCUT2D eigenvalue weighted by Crippen LogP contribution is -2.21. The van der Waals surface area contributed by atoms with Crippen LogP contribution in [0.15, 0.2) is 21.3 Å². The summed E-state index contributed by atoms with van der Waals surface area (Å²) >= 11 is 0. The highest BCUT2D eigenvalue weighted by Crippen LogP contribution is 2.33. The maximum atomic E-state index is 11.1. The van der Waals surface area contributed by atoms with E-state index in [0.717, 1.165) is 12.8 Å². The molecule has 0 saturated heterocycles. The van der Waals surface area contributed by atoms with Gasteiger partial charge in [0.25, 0.3) is 0 Å². The van der Waals surface area contributed by atoms with Crippen LogP contribution in [0.4, 0.5) is 11.4 Å². The van der Waals surface area contributed by atoms with Crippen molar-refractivity contribution in [2.75, 3.05) is 17.6 Å². The number of hydrogen-bond donors (Lipinski definition) is 4. The zero-order valence-corrected chi connectivity index (χ0v) is 9.77. The molecule has 1 saturated carbocycles. The van der Waals surface area contributed by atoms with Crippen molar-refractivity contribution in [2.24, 2.45) is 5.92 Å². The lowest BCUT2D eigenvalue weighted by molar-refractivity contribution is 0.164. The standard InChI is InChI=1S/C12H15N3O3/c13-7-3-11-9(15-12(17)18-11)4-8(7)14-5-10(16)6-1-2-6/h3-4,6,10,14,16H,1-2,5,13H2,(H,15,17). The minimum Gasteiger partial charge on any atom is -0.408 e. The number of anilines is 2. The average Bonchev–Trinajstić information content (AvgIpc) is 3.09. The Kier molecular flexibility index (Phi) is 2.52. The third kappa shape index (κ3) is 2.06. The van der Waals surface area contributed by atoms with Gasteiger partial charge in [0.1, 0.15) is 0 Å². The van der Waals surface area contributed by atoms with E-state index in [4.69, 9.17) is 10.2 Å². The molecule has 0 aliphatic heterocycles. The molecule has 5 N–H and O–H groups in total. The minimum absolute atomic E-state index is 0.344. The van der Waals surface area contributed by atoms with Gasteiger partial charge in [0.15, 0.2) is 5.58 Å². The number of H-pyrrole nitrogens is 1. The Hall–Kier alpha value is -1.95. The van der Waals surface area contributed by atoms with E-state index in [1.807, 2.05) is 0 Å². The molecule has 18 heavy (non-hydrogen) atoms. The Balaban J connectivity index is 1.81. The van der Waals surface area contributed by atoms with Crippen LogP contribution in [-0.4, -0.2) is 22.7 Å². The lowest BCUT2D eigenvalue weighted by Gasteiger charge is -2.13. The number of oxazole rings is 1. The summed E-state index contributed by atoms with van der Waals surface area (Å²) in [5.41, 5.74) is 8.07. The number of nitrogens with two attached hydrogens (primary N) is 1. The van der Waals surface area contributed by atoms with E-state index in [2.05, 4.69) is 10.3 Å². The Labute approximate surface area is 103 Å². The van der Waals surface area contributed by atoms with Crippen LogP contribution >= 0.6 is 0 Å². The predicted molar refractivity (Wildman–Crippen MR) is 68.5 cm³/mol. The first-order valence-electron chi connectivity index (χ1n) is 5.98. The summed E-state index contributed by atoms with van der Waals surface area (Å²) in [5, 5.41) is 12.9. The molecule has 1 aromatic heterocycles. The summed E-state index contributed by atoms with van der Waals surface area (Å²) in [6, 6.07) is 3.31. The number of benzene rings is 1. The summed E-state index contributed by atoms with van der Waals surface area (Å²) in [5.74, 6) is -0.0873. The van der Waals surface area contributed by atoms with Gasteiger partial charge in [0.05, 0.1) is 23.0 Å². The fraction of sp³-hybridized carbons (Fsp3) is 0.417. The summed E-state index contributed by atoms with van der Waals surface area (Å²) in [6.45, 7) is 0.461. The molecule has 0 bridgehead atoms. The first kappa shape index (κ1) is 11.2. The third-order valence-electron chi connectivity index (χ3n) is 3.26. The molecule has 1 aliphatic carbocycles. The van der Waals surface area contributed by atoms with Gasteiger partial charge in [0.2, 0.25) is 0 Å². The van der Waals surface area contributed by atoms with Crippen molar-refractivity contribution in [2.45, 2.75) is 18.9 Å². The lowest BCUT2D eigenvalue weighted by atomic mass is 10.2. The van der Waals surface area contributed by atoms with E-state index in [-0.39, 0.29) is 6.10 Å². The molecular weight excluding hydrogens is 234 g/mol.